The molecule has 0 N–H and O–H groups in total. The van der Waals surface area contributed by atoms with E-state index in [1.54, 1.807) is 18.0 Å². The normalized spacial score (nSPS) is 11.0. The van der Waals surface area contributed by atoms with E-state index in [-0.39, 0.29) is 0 Å². The van der Waals surface area contributed by atoms with Crippen molar-refractivity contribution in [3.63, 3.8) is 0 Å². The van der Waals surface area contributed by atoms with Crippen LogP contribution in [0.5, 0.6) is 0 Å². The van der Waals surface area contributed by atoms with E-state index in [0.29, 0.717) is 0 Å². The predicted octanol–water partition coefficient (Wildman–Crippen LogP) is 4.60. The lowest BCUT2D eigenvalue weighted by Crippen LogP contribution is -2.22. The number of furan rings is 1. The van der Waals surface area contributed by atoms with Gasteiger partial charge >= 0.3 is 0 Å². The van der Waals surface area contributed by atoms with Gasteiger partial charge in [-0.15, -0.1) is 11.8 Å². The zero-order valence-corrected chi connectivity index (χ0v) is 14.0. The Morgan fingerprint density at radius 2 is 1.83 bits per heavy atom. The lowest BCUT2D eigenvalue weighted by atomic mass is 10.2. The van der Waals surface area contributed by atoms with Crippen LogP contribution in [-0.4, -0.2) is 16.1 Å². The van der Waals surface area contributed by atoms with Gasteiger partial charge in [0.1, 0.15) is 5.76 Å². The van der Waals surface area contributed by atoms with Crippen molar-refractivity contribution < 1.29 is 4.42 Å². The molecule has 3 rings (SSSR count). The minimum Gasteiger partial charge on any atom is -0.468 e. The topological polar surface area (TPSA) is 29.3 Å². The monoisotopic (exact) mass is 324 g/mol. The van der Waals surface area contributed by atoms with Crippen LogP contribution in [0.4, 0.5) is 0 Å². The van der Waals surface area contributed by atoms with Crippen LogP contribution in [0.15, 0.2) is 76.4 Å². The van der Waals surface area contributed by atoms with Crippen LogP contribution in [0.3, 0.4) is 0 Å². The third-order valence-electron chi connectivity index (χ3n) is 3.64. The van der Waals surface area contributed by atoms with Gasteiger partial charge < -0.3 is 4.42 Å². The van der Waals surface area contributed by atoms with Crippen molar-refractivity contribution in [1.82, 2.24) is 9.88 Å². The van der Waals surface area contributed by atoms with E-state index in [4.69, 9.17) is 4.42 Å². The van der Waals surface area contributed by atoms with Crippen LogP contribution in [0.2, 0.25) is 0 Å². The molecule has 0 spiro atoms. The van der Waals surface area contributed by atoms with Crippen molar-refractivity contribution in [2.75, 3.05) is 6.26 Å². The zero-order chi connectivity index (χ0) is 15.9. The third kappa shape index (κ3) is 4.71. The molecular formula is C19H20N2OS. The standard InChI is InChI=1S/C19H20N2OS/c1-23-19-9-7-16(8-10-19)13-21(15-18-6-4-12-22-18)14-17-5-2-3-11-20-17/h2-12H,13-15H2,1H3. The summed E-state index contributed by atoms with van der Waals surface area (Å²) in [6.07, 6.45) is 5.66. The predicted molar refractivity (Wildman–Crippen MR) is 94.1 cm³/mol. The fourth-order valence-corrected chi connectivity index (χ4v) is 2.91. The quantitative estimate of drug-likeness (QED) is 0.594. The van der Waals surface area contributed by atoms with Gasteiger partial charge in [0.25, 0.3) is 0 Å². The minimum absolute atomic E-state index is 0.772. The second-order valence-corrected chi connectivity index (χ2v) is 6.27. The van der Waals surface area contributed by atoms with Gasteiger partial charge in [-0.2, -0.15) is 0 Å². The number of hydrogen-bond donors (Lipinski definition) is 0. The van der Waals surface area contributed by atoms with Gasteiger partial charge in [-0.1, -0.05) is 18.2 Å². The Labute approximate surface area is 141 Å². The Balaban J connectivity index is 1.73. The highest BCUT2D eigenvalue weighted by Crippen LogP contribution is 2.18. The number of nitrogens with zero attached hydrogens (tertiary/aromatic N) is 2. The van der Waals surface area contributed by atoms with E-state index >= 15 is 0 Å². The highest BCUT2D eigenvalue weighted by Gasteiger charge is 2.10. The number of pyridine rings is 1. The van der Waals surface area contributed by atoms with Crippen molar-refractivity contribution in [3.8, 4) is 0 Å². The van der Waals surface area contributed by atoms with Crippen LogP contribution in [0.25, 0.3) is 0 Å². The summed E-state index contributed by atoms with van der Waals surface area (Å²) in [6, 6.07) is 18.7. The number of hydrogen-bond acceptors (Lipinski definition) is 4. The first-order chi connectivity index (χ1) is 11.3. The van der Waals surface area contributed by atoms with Crippen LogP contribution < -0.4 is 0 Å². The van der Waals surface area contributed by atoms with Gasteiger partial charge in [-0.05, 0) is 48.2 Å². The first-order valence-corrected chi connectivity index (χ1v) is 8.83. The summed E-state index contributed by atoms with van der Waals surface area (Å²) >= 11 is 1.76. The Bertz CT molecular complexity index is 696. The molecule has 0 aliphatic heterocycles. The molecule has 0 saturated carbocycles. The summed E-state index contributed by atoms with van der Waals surface area (Å²) in [7, 11) is 0. The van der Waals surface area contributed by atoms with E-state index in [1.165, 1.54) is 10.5 Å². The fourth-order valence-electron chi connectivity index (χ4n) is 2.50. The van der Waals surface area contributed by atoms with Gasteiger partial charge in [0.05, 0.1) is 18.5 Å². The average Bonchev–Trinajstić information content (AvgIpc) is 3.09. The molecule has 0 unspecified atom stereocenters. The van der Waals surface area contributed by atoms with Gasteiger partial charge in [0.2, 0.25) is 0 Å². The summed E-state index contributed by atoms with van der Waals surface area (Å²) in [6.45, 7) is 2.44. The third-order valence-corrected chi connectivity index (χ3v) is 4.38. The van der Waals surface area contributed by atoms with Crippen molar-refractivity contribution in [3.05, 3.63) is 84.1 Å². The molecule has 0 bridgehead atoms. The summed E-state index contributed by atoms with van der Waals surface area (Å²) in [5.74, 6) is 0.974. The highest BCUT2D eigenvalue weighted by atomic mass is 32.2. The smallest absolute Gasteiger partial charge is 0.117 e. The van der Waals surface area contributed by atoms with Crippen LogP contribution in [0, 0.1) is 0 Å². The lowest BCUT2D eigenvalue weighted by Gasteiger charge is -2.21. The Morgan fingerprint density at radius 1 is 0.957 bits per heavy atom. The van der Waals surface area contributed by atoms with E-state index < -0.39 is 0 Å². The first-order valence-electron chi connectivity index (χ1n) is 7.61. The van der Waals surface area contributed by atoms with Crippen molar-refractivity contribution in [2.24, 2.45) is 0 Å². The summed E-state index contributed by atoms with van der Waals surface area (Å²) in [5, 5.41) is 0. The Hall–Kier alpha value is -2.04. The van der Waals surface area contributed by atoms with Crippen molar-refractivity contribution in [2.45, 2.75) is 24.5 Å². The molecule has 3 nitrogen and oxygen atoms in total. The molecule has 0 amide bonds. The lowest BCUT2D eigenvalue weighted by molar-refractivity contribution is 0.224. The van der Waals surface area contributed by atoms with E-state index in [2.05, 4.69) is 46.5 Å². The summed E-state index contributed by atoms with van der Waals surface area (Å²) < 4.78 is 5.51. The number of benzene rings is 1. The molecule has 3 aromatic rings. The number of aromatic nitrogens is 1. The molecule has 0 atom stereocenters. The van der Waals surface area contributed by atoms with Gasteiger partial charge in [-0.25, -0.2) is 0 Å². The maximum Gasteiger partial charge on any atom is 0.117 e. The molecule has 2 aromatic heterocycles. The van der Waals surface area contributed by atoms with E-state index in [9.17, 15) is 0 Å². The molecule has 2 heterocycles. The molecule has 0 aliphatic carbocycles. The van der Waals surface area contributed by atoms with Crippen LogP contribution >= 0.6 is 11.8 Å². The van der Waals surface area contributed by atoms with E-state index in [1.807, 2.05) is 30.5 Å². The fraction of sp³-hybridized carbons (Fsp3) is 0.211. The van der Waals surface area contributed by atoms with Crippen molar-refractivity contribution in [1.29, 1.82) is 0 Å². The Kier molecular flexibility index (Phi) is 5.51. The van der Waals surface area contributed by atoms with Crippen LogP contribution in [0.1, 0.15) is 17.0 Å². The average molecular weight is 324 g/mol. The summed E-state index contributed by atoms with van der Waals surface area (Å²) in [4.78, 5) is 8.07. The molecule has 23 heavy (non-hydrogen) atoms. The molecule has 4 heteroatoms. The zero-order valence-electron chi connectivity index (χ0n) is 13.2. The molecule has 1 aromatic carbocycles. The van der Waals surface area contributed by atoms with Gasteiger partial charge in [0.15, 0.2) is 0 Å². The highest BCUT2D eigenvalue weighted by molar-refractivity contribution is 7.98. The molecular weight excluding hydrogens is 304 g/mol. The van der Waals surface area contributed by atoms with Gasteiger partial charge in [0, 0.05) is 24.2 Å². The molecule has 0 aliphatic rings. The molecule has 0 saturated heterocycles. The van der Waals surface area contributed by atoms with Crippen LogP contribution in [-0.2, 0) is 19.6 Å². The maximum absolute atomic E-state index is 5.51. The van der Waals surface area contributed by atoms with Crippen molar-refractivity contribution >= 4 is 11.8 Å². The van der Waals surface area contributed by atoms with E-state index in [0.717, 1.165) is 31.1 Å². The molecule has 0 radical (unpaired) electrons. The second kappa shape index (κ2) is 7.99. The molecule has 0 fully saturated rings. The molecule has 118 valence electrons. The minimum atomic E-state index is 0.772. The SMILES string of the molecule is CSc1ccc(CN(Cc2ccccn2)Cc2ccco2)cc1. The Morgan fingerprint density at radius 3 is 2.48 bits per heavy atom. The maximum atomic E-state index is 5.51. The number of rotatable bonds is 7. The largest absolute Gasteiger partial charge is 0.468 e. The first kappa shape index (κ1) is 15.8. The van der Waals surface area contributed by atoms with Gasteiger partial charge in [-0.3, -0.25) is 9.88 Å². The second-order valence-electron chi connectivity index (χ2n) is 5.39. The summed E-state index contributed by atoms with van der Waals surface area (Å²) in [5.41, 5.74) is 2.37. The number of thioether (sulfide) groups is 1.